The summed E-state index contributed by atoms with van der Waals surface area (Å²) in [4.78, 5) is 0. The van der Waals surface area contributed by atoms with Crippen molar-refractivity contribution >= 4 is 5.70 Å². The van der Waals surface area contributed by atoms with Crippen LogP contribution in [0.5, 0.6) is 0 Å². The molecule has 1 aliphatic heterocycles. The summed E-state index contributed by atoms with van der Waals surface area (Å²) in [5, 5.41) is 12.0. The fourth-order valence-corrected chi connectivity index (χ4v) is 1.36. The first-order valence-electron chi connectivity index (χ1n) is 3.86. The van der Waals surface area contributed by atoms with E-state index in [4.69, 9.17) is 0 Å². The minimum Gasteiger partial charge on any atom is -0.853 e. The molecule has 2 N–H and O–H groups in total. The van der Waals surface area contributed by atoms with E-state index >= 15 is 0 Å². The minimum absolute atomic E-state index is 0.0266. The number of hydrogen-bond donors (Lipinski definition) is 2. The van der Waals surface area contributed by atoms with E-state index in [0.29, 0.717) is 0 Å². The Labute approximate surface area is 70.9 Å². The molecule has 3 heteroatoms. The Bertz CT molecular complexity index is 319. The number of benzene rings is 1. The summed E-state index contributed by atoms with van der Waals surface area (Å²) in [6.45, 7) is 0. The molecule has 2 rings (SSSR count). The van der Waals surface area contributed by atoms with Gasteiger partial charge in [0.05, 0.1) is 12.9 Å². The average molecular weight is 162 g/mol. The average Bonchev–Trinajstić information content (AvgIpc) is 2.05. The van der Waals surface area contributed by atoms with E-state index < -0.39 is 0 Å². The van der Waals surface area contributed by atoms with Gasteiger partial charge in [0.25, 0.3) is 0 Å². The van der Waals surface area contributed by atoms with Crippen LogP contribution in [0.3, 0.4) is 0 Å². The Hall–Kier alpha value is -1.48. The molecule has 0 fully saturated rings. The van der Waals surface area contributed by atoms with Crippen LogP contribution in [0.2, 0.25) is 0 Å². The molecule has 0 aromatic heterocycles. The summed E-state index contributed by atoms with van der Waals surface area (Å²) in [5.74, 6) is 0.0266. The van der Waals surface area contributed by atoms with Crippen LogP contribution in [0.4, 0.5) is 0 Å². The Morgan fingerprint density at radius 3 is 2.42 bits per heavy atom. The molecule has 0 spiro atoms. The van der Waals surface area contributed by atoms with Gasteiger partial charge < -0.3 is 5.11 Å². The van der Waals surface area contributed by atoms with Gasteiger partial charge in [0.2, 0.25) is 0 Å². The minimum atomic E-state index is 0.0266. The molecule has 1 aromatic rings. The van der Waals surface area contributed by atoms with Crippen molar-refractivity contribution in [2.75, 3.05) is 7.05 Å². The van der Waals surface area contributed by atoms with Crippen LogP contribution in [0.25, 0.3) is 5.70 Å². The zero-order valence-electron chi connectivity index (χ0n) is 6.79. The van der Waals surface area contributed by atoms with Gasteiger partial charge in [-0.05, 0) is 12.1 Å². The second-order valence-corrected chi connectivity index (χ2v) is 2.82. The lowest BCUT2D eigenvalue weighted by atomic mass is 10.1. The zero-order chi connectivity index (χ0) is 8.55. The fraction of sp³-hybridized carbons (Fsp3) is 0.111. The smallest absolute Gasteiger partial charge is 0.176 e. The molecular formula is C9H10N2O. The number of nitrogens with one attached hydrogen (secondary N) is 2. The third-order valence-corrected chi connectivity index (χ3v) is 1.97. The van der Waals surface area contributed by atoms with E-state index in [0.717, 1.165) is 16.3 Å². The van der Waals surface area contributed by atoms with Crippen molar-refractivity contribution < 1.29 is 10.1 Å². The van der Waals surface area contributed by atoms with Crippen molar-refractivity contribution in [3.05, 3.63) is 41.8 Å². The SMILES string of the molecule is C[NH+]1NC([O-])=C1c1ccccc1. The highest BCUT2D eigenvalue weighted by molar-refractivity contribution is 5.61. The highest BCUT2D eigenvalue weighted by Gasteiger charge is 2.23. The highest BCUT2D eigenvalue weighted by Crippen LogP contribution is 2.10. The van der Waals surface area contributed by atoms with E-state index in [2.05, 4.69) is 5.43 Å². The van der Waals surface area contributed by atoms with E-state index in [1.165, 1.54) is 0 Å². The monoisotopic (exact) mass is 162 g/mol. The van der Waals surface area contributed by atoms with E-state index in [-0.39, 0.29) is 5.88 Å². The molecule has 3 nitrogen and oxygen atoms in total. The van der Waals surface area contributed by atoms with Crippen LogP contribution in [-0.2, 0) is 0 Å². The molecule has 12 heavy (non-hydrogen) atoms. The van der Waals surface area contributed by atoms with Crippen molar-refractivity contribution in [3.8, 4) is 0 Å². The third kappa shape index (κ3) is 0.950. The van der Waals surface area contributed by atoms with Crippen molar-refractivity contribution in [3.63, 3.8) is 0 Å². The van der Waals surface area contributed by atoms with Crippen molar-refractivity contribution in [1.29, 1.82) is 0 Å². The fourth-order valence-electron chi connectivity index (χ4n) is 1.36. The number of quaternary nitrogens is 1. The van der Waals surface area contributed by atoms with Crippen molar-refractivity contribution in [1.82, 2.24) is 5.43 Å². The first-order chi connectivity index (χ1) is 5.79. The van der Waals surface area contributed by atoms with Crippen LogP contribution in [-0.4, -0.2) is 7.05 Å². The Kier molecular flexibility index (Phi) is 1.52. The van der Waals surface area contributed by atoms with Gasteiger partial charge in [0.15, 0.2) is 5.70 Å². The lowest BCUT2D eigenvalue weighted by Gasteiger charge is -2.33. The summed E-state index contributed by atoms with van der Waals surface area (Å²) >= 11 is 0. The molecule has 0 radical (unpaired) electrons. The molecule has 0 aliphatic carbocycles. The van der Waals surface area contributed by atoms with Crippen LogP contribution in [0.15, 0.2) is 36.2 Å². The summed E-state index contributed by atoms with van der Waals surface area (Å²) in [6, 6.07) is 9.69. The summed E-state index contributed by atoms with van der Waals surface area (Å²) in [7, 11) is 1.91. The molecule has 1 atom stereocenters. The van der Waals surface area contributed by atoms with Crippen LogP contribution in [0, 0.1) is 0 Å². The maximum atomic E-state index is 11.1. The molecule has 1 heterocycles. The second-order valence-electron chi connectivity index (χ2n) is 2.82. The van der Waals surface area contributed by atoms with Gasteiger partial charge >= 0.3 is 0 Å². The molecule has 0 saturated carbocycles. The van der Waals surface area contributed by atoms with E-state index in [1.807, 2.05) is 37.4 Å². The van der Waals surface area contributed by atoms with Crippen molar-refractivity contribution in [2.24, 2.45) is 0 Å². The Morgan fingerprint density at radius 1 is 1.25 bits per heavy atom. The maximum absolute atomic E-state index is 11.1. The van der Waals surface area contributed by atoms with Crippen molar-refractivity contribution in [2.45, 2.75) is 0 Å². The van der Waals surface area contributed by atoms with Gasteiger partial charge in [0, 0.05) is 5.56 Å². The lowest BCUT2D eigenvalue weighted by Crippen LogP contribution is -3.19. The molecule has 1 unspecified atom stereocenters. The number of rotatable bonds is 1. The maximum Gasteiger partial charge on any atom is 0.176 e. The van der Waals surface area contributed by atoms with E-state index in [1.54, 1.807) is 0 Å². The van der Waals surface area contributed by atoms with Gasteiger partial charge in [-0.2, -0.15) is 0 Å². The lowest BCUT2D eigenvalue weighted by molar-refractivity contribution is -0.882. The largest absolute Gasteiger partial charge is 0.853 e. The topological polar surface area (TPSA) is 39.5 Å². The predicted molar refractivity (Wildman–Crippen MR) is 43.4 cm³/mol. The first-order valence-corrected chi connectivity index (χ1v) is 3.86. The standard InChI is InChI=1S/C9H10N2O/c1-11-8(9(12)10-11)7-5-3-2-4-6-7/h2-6,10,12H,1H3. The zero-order valence-corrected chi connectivity index (χ0v) is 6.79. The van der Waals surface area contributed by atoms with Gasteiger partial charge in [-0.1, -0.05) is 18.2 Å². The van der Waals surface area contributed by atoms with Crippen LogP contribution >= 0.6 is 0 Å². The quantitative estimate of drug-likeness (QED) is 0.539. The van der Waals surface area contributed by atoms with Gasteiger partial charge in [-0.3, -0.25) is 0 Å². The molecule has 0 bridgehead atoms. The van der Waals surface area contributed by atoms with Crippen LogP contribution < -0.4 is 15.5 Å². The summed E-state index contributed by atoms with van der Waals surface area (Å²) in [6.07, 6.45) is 0. The molecule has 62 valence electrons. The Balaban J connectivity index is 2.39. The first kappa shape index (κ1) is 7.18. The molecule has 1 aromatic carbocycles. The van der Waals surface area contributed by atoms with Gasteiger partial charge in [-0.15, -0.1) is 0 Å². The summed E-state index contributed by atoms with van der Waals surface area (Å²) in [5.41, 5.74) is 4.51. The summed E-state index contributed by atoms with van der Waals surface area (Å²) < 4.78 is 0. The normalized spacial score (nSPS) is 21.6. The second kappa shape index (κ2) is 2.53. The third-order valence-electron chi connectivity index (χ3n) is 1.97. The molecule has 1 aliphatic rings. The predicted octanol–water partition coefficient (Wildman–Crippen LogP) is -1.29. The molecular weight excluding hydrogens is 152 g/mol. The number of hydrogen-bond acceptors (Lipinski definition) is 2. The molecule has 0 saturated heterocycles. The van der Waals surface area contributed by atoms with Gasteiger partial charge in [-0.25, -0.2) is 10.4 Å². The van der Waals surface area contributed by atoms with Crippen LogP contribution in [0.1, 0.15) is 5.56 Å². The Morgan fingerprint density at radius 2 is 1.92 bits per heavy atom. The van der Waals surface area contributed by atoms with E-state index in [9.17, 15) is 5.11 Å². The van der Waals surface area contributed by atoms with Gasteiger partial charge in [0.1, 0.15) is 0 Å². The molecule has 0 amide bonds. The highest BCUT2D eigenvalue weighted by atomic mass is 16.3.